The van der Waals surface area contributed by atoms with Crippen LogP contribution in [0.1, 0.15) is 32.3 Å². The lowest BCUT2D eigenvalue weighted by molar-refractivity contribution is -0.122. The van der Waals surface area contributed by atoms with Crippen LogP contribution in [0, 0.1) is 11.8 Å². The molecule has 2 aliphatic rings. The summed E-state index contributed by atoms with van der Waals surface area (Å²) < 4.78 is 0. The van der Waals surface area contributed by atoms with Crippen molar-refractivity contribution in [1.82, 2.24) is 10.2 Å². The molecule has 0 radical (unpaired) electrons. The lowest BCUT2D eigenvalue weighted by Gasteiger charge is -2.46. The first-order valence-corrected chi connectivity index (χ1v) is 7.63. The lowest BCUT2D eigenvalue weighted by Crippen LogP contribution is -2.60. The normalized spacial score (nSPS) is 33.1. The minimum Gasteiger partial charge on any atom is -0.351 e. The number of likely N-dealkylation sites (tertiary alicyclic amines) is 1. The van der Waals surface area contributed by atoms with Crippen molar-refractivity contribution < 1.29 is 4.79 Å². The summed E-state index contributed by atoms with van der Waals surface area (Å²) in [5.74, 6) is 1.30. The molecular formula is C17H24N2O. The Balaban J connectivity index is 1.69. The zero-order chi connectivity index (χ0) is 14.2. The number of hydrogen-bond acceptors (Lipinski definition) is 2. The number of nitrogens with zero attached hydrogens (tertiary/aromatic N) is 1. The molecule has 3 rings (SSSR count). The Hall–Kier alpha value is -1.35. The summed E-state index contributed by atoms with van der Waals surface area (Å²) in [4.78, 5) is 14.0. The quantitative estimate of drug-likeness (QED) is 0.916. The topological polar surface area (TPSA) is 32.3 Å². The molecule has 20 heavy (non-hydrogen) atoms. The van der Waals surface area contributed by atoms with Crippen molar-refractivity contribution in [2.45, 2.75) is 38.8 Å². The van der Waals surface area contributed by atoms with E-state index in [2.05, 4.69) is 47.5 Å². The fourth-order valence-corrected chi connectivity index (χ4v) is 4.15. The van der Waals surface area contributed by atoms with Crippen molar-refractivity contribution in [1.29, 1.82) is 0 Å². The molecular weight excluding hydrogens is 248 g/mol. The van der Waals surface area contributed by atoms with Gasteiger partial charge < -0.3 is 5.32 Å². The third kappa shape index (κ3) is 2.47. The van der Waals surface area contributed by atoms with E-state index in [4.69, 9.17) is 0 Å². The fourth-order valence-electron chi connectivity index (χ4n) is 4.15. The van der Waals surface area contributed by atoms with Gasteiger partial charge in [-0.2, -0.15) is 0 Å². The van der Waals surface area contributed by atoms with E-state index in [1.54, 1.807) is 6.92 Å². The van der Waals surface area contributed by atoms with E-state index >= 15 is 0 Å². The number of benzene rings is 1. The van der Waals surface area contributed by atoms with E-state index in [-0.39, 0.29) is 11.4 Å². The number of piperidine rings is 1. The van der Waals surface area contributed by atoms with Gasteiger partial charge in [0.25, 0.3) is 0 Å². The van der Waals surface area contributed by atoms with Crippen molar-refractivity contribution in [3.8, 4) is 0 Å². The predicted octanol–water partition coefficient (Wildman–Crippen LogP) is 2.42. The van der Waals surface area contributed by atoms with Crippen LogP contribution in [0.3, 0.4) is 0 Å². The third-order valence-corrected chi connectivity index (χ3v) is 5.21. The van der Waals surface area contributed by atoms with Gasteiger partial charge in [-0.3, -0.25) is 9.69 Å². The highest BCUT2D eigenvalue weighted by Gasteiger charge is 2.51. The van der Waals surface area contributed by atoms with Crippen LogP contribution in [0.25, 0.3) is 0 Å². The fraction of sp³-hybridized carbons (Fsp3) is 0.588. The van der Waals surface area contributed by atoms with E-state index in [1.807, 2.05) is 0 Å². The van der Waals surface area contributed by atoms with Crippen LogP contribution in [0.5, 0.6) is 0 Å². The van der Waals surface area contributed by atoms with Gasteiger partial charge in [0.2, 0.25) is 5.91 Å². The second-order valence-electron chi connectivity index (χ2n) is 6.61. The zero-order valence-corrected chi connectivity index (χ0v) is 12.4. The summed E-state index contributed by atoms with van der Waals surface area (Å²) in [6.45, 7) is 7.12. The van der Waals surface area contributed by atoms with Gasteiger partial charge >= 0.3 is 0 Å². The Kier molecular flexibility index (Phi) is 3.55. The molecule has 1 N–H and O–H groups in total. The smallest absolute Gasteiger partial charge is 0.217 e. The first-order valence-electron chi connectivity index (χ1n) is 7.63. The van der Waals surface area contributed by atoms with Crippen LogP contribution in [-0.4, -0.2) is 29.4 Å². The van der Waals surface area contributed by atoms with Crippen LogP contribution >= 0.6 is 0 Å². The molecule has 1 aromatic carbocycles. The van der Waals surface area contributed by atoms with Gasteiger partial charge in [-0.25, -0.2) is 0 Å². The summed E-state index contributed by atoms with van der Waals surface area (Å²) in [6, 6.07) is 10.7. The summed E-state index contributed by atoms with van der Waals surface area (Å²) >= 11 is 0. The van der Waals surface area contributed by atoms with Crippen molar-refractivity contribution in [3.63, 3.8) is 0 Å². The maximum absolute atomic E-state index is 11.5. The Morgan fingerprint density at radius 2 is 1.85 bits per heavy atom. The number of nitrogens with one attached hydrogen (secondary N) is 1. The monoisotopic (exact) mass is 272 g/mol. The second-order valence-corrected chi connectivity index (χ2v) is 6.61. The summed E-state index contributed by atoms with van der Waals surface area (Å²) in [6.07, 6.45) is 2.49. The minimum absolute atomic E-state index is 0.0129. The third-order valence-electron chi connectivity index (χ3n) is 5.21. The molecule has 1 saturated heterocycles. The summed E-state index contributed by atoms with van der Waals surface area (Å²) in [7, 11) is 0. The Morgan fingerprint density at radius 1 is 1.25 bits per heavy atom. The maximum Gasteiger partial charge on any atom is 0.217 e. The van der Waals surface area contributed by atoms with Crippen LogP contribution in [0.15, 0.2) is 30.3 Å². The molecule has 3 nitrogen and oxygen atoms in total. The van der Waals surface area contributed by atoms with Crippen molar-refractivity contribution in [2.24, 2.45) is 11.8 Å². The van der Waals surface area contributed by atoms with Crippen molar-refractivity contribution in [2.75, 3.05) is 13.1 Å². The molecule has 0 unspecified atom stereocenters. The largest absolute Gasteiger partial charge is 0.351 e. The lowest BCUT2D eigenvalue weighted by atomic mass is 9.78. The Labute approximate surface area is 121 Å². The average Bonchev–Trinajstić information content (AvgIpc) is 2.60. The molecule has 1 saturated carbocycles. The SMILES string of the molecule is CC(=O)N[C@]1(C)[C@@H]2CC[C@H]1CN(Cc1ccccc1)C2. The van der Waals surface area contributed by atoms with Crippen molar-refractivity contribution >= 4 is 5.91 Å². The second kappa shape index (κ2) is 5.21. The van der Waals surface area contributed by atoms with Gasteiger partial charge in [-0.1, -0.05) is 30.3 Å². The number of hydrogen-bond donors (Lipinski definition) is 1. The molecule has 2 fully saturated rings. The number of carbonyl (C=O) groups is 1. The van der Waals surface area contributed by atoms with Crippen LogP contribution < -0.4 is 5.32 Å². The molecule has 1 aliphatic carbocycles. The number of fused-ring (bicyclic) bond motifs is 2. The maximum atomic E-state index is 11.5. The highest BCUT2D eigenvalue weighted by atomic mass is 16.1. The molecule has 1 amide bonds. The van der Waals surface area contributed by atoms with E-state index in [1.165, 1.54) is 18.4 Å². The molecule has 1 heterocycles. The van der Waals surface area contributed by atoms with E-state index < -0.39 is 0 Å². The molecule has 1 aliphatic heterocycles. The van der Waals surface area contributed by atoms with Gasteiger partial charge in [0, 0.05) is 32.1 Å². The van der Waals surface area contributed by atoms with Crippen molar-refractivity contribution in [3.05, 3.63) is 35.9 Å². The van der Waals surface area contributed by atoms with Crippen LogP contribution in [-0.2, 0) is 11.3 Å². The first-order chi connectivity index (χ1) is 9.58. The van der Waals surface area contributed by atoms with Gasteiger partial charge in [-0.15, -0.1) is 0 Å². The summed E-state index contributed by atoms with van der Waals surface area (Å²) in [5, 5.41) is 3.24. The standard InChI is InChI=1S/C17H24N2O/c1-13(20)18-17(2)15-8-9-16(17)12-19(11-15)10-14-6-4-3-5-7-14/h3-7,15-16H,8-12H2,1-2H3,(H,18,20)/t15-,16+,17-. The molecule has 0 aromatic heterocycles. The van der Waals surface area contributed by atoms with Gasteiger partial charge in [0.1, 0.15) is 0 Å². The first kappa shape index (κ1) is 13.6. The van der Waals surface area contributed by atoms with Crippen LogP contribution in [0.4, 0.5) is 0 Å². The predicted molar refractivity (Wildman–Crippen MR) is 80.2 cm³/mol. The number of rotatable bonds is 3. The highest BCUT2D eigenvalue weighted by Crippen LogP contribution is 2.45. The summed E-state index contributed by atoms with van der Waals surface area (Å²) in [5.41, 5.74) is 1.40. The van der Waals surface area contributed by atoms with E-state index in [9.17, 15) is 4.79 Å². The average molecular weight is 272 g/mol. The zero-order valence-electron chi connectivity index (χ0n) is 12.4. The Bertz CT molecular complexity index is 471. The number of amides is 1. The van der Waals surface area contributed by atoms with Crippen LogP contribution in [0.2, 0.25) is 0 Å². The minimum atomic E-state index is 0.0129. The van der Waals surface area contributed by atoms with E-state index in [0.29, 0.717) is 11.8 Å². The van der Waals surface area contributed by atoms with Gasteiger partial charge in [0.05, 0.1) is 0 Å². The highest BCUT2D eigenvalue weighted by molar-refractivity contribution is 5.74. The molecule has 2 bridgehead atoms. The van der Waals surface area contributed by atoms with E-state index in [0.717, 1.165) is 19.6 Å². The van der Waals surface area contributed by atoms with Gasteiger partial charge in [-0.05, 0) is 37.2 Å². The molecule has 1 aromatic rings. The molecule has 3 heteroatoms. The van der Waals surface area contributed by atoms with Gasteiger partial charge in [0.15, 0.2) is 0 Å². The number of carbonyl (C=O) groups excluding carboxylic acids is 1. The Morgan fingerprint density at radius 3 is 2.40 bits per heavy atom. The molecule has 0 spiro atoms. The molecule has 108 valence electrons. The molecule has 3 atom stereocenters.